The molecule has 7 heteroatoms. The molecule has 1 aromatic carbocycles. The number of nitrogens with zero attached hydrogens (tertiary/aromatic N) is 1. The van der Waals surface area contributed by atoms with E-state index in [1.54, 1.807) is 29.2 Å². The van der Waals surface area contributed by atoms with Crippen LogP contribution in [0.25, 0.3) is 0 Å². The van der Waals surface area contributed by atoms with Crippen LogP contribution in [0.4, 0.5) is 10.5 Å². The first-order chi connectivity index (χ1) is 10.0. The summed E-state index contributed by atoms with van der Waals surface area (Å²) in [5.74, 6) is -0.130. The molecule has 3 amide bonds. The number of ether oxygens (including phenoxy) is 1. The highest BCUT2D eigenvalue weighted by atomic mass is 16.5. The monoisotopic (exact) mass is 293 g/mol. The Morgan fingerprint density at radius 3 is 2.67 bits per heavy atom. The number of hydrogen-bond acceptors (Lipinski definition) is 4. The van der Waals surface area contributed by atoms with Gasteiger partial charge in [0.05, 0.1) is 25.4 Å². The van der Waals surface area contributed by atoms with E-state index in [-0.39, 0.29) is 24.7 Å². The normalized spacial score (nSPS) is 21.9. The fraction of sp³-hybridized carbons (Fsp3) is 0.429. The fourth-order valence-electron chi connectivity index (χ4n) is 2.22. The number of nitrogens with one attached hydrogen (secondary N) is 1. The fourth-order valence-corrected chi connectivity index (χ4v) is 2.22. The molecule has 1 aromatic rings. The predicted molar refractivity (Wildman–Crippen MR) is 77.0 cm³/mol. The van der Waals surface area contributed by atoms with Crippen molar-refractivity contribution >= 4 is 17.6 Å². The number of carbonyl (C=O) groups excluding carboxylic acids is 2. The van der Waals surface area contributed by atoms with E-state index >= 15 is 0 Å². The molecular weight excluding hydrogens is 274 g/mol. The zero-order chi connectivity index (χ0) is 15.4. The number of nitrogens with two attached hydrogens (primary N) is 1. The minimum Gasteiger partial charge on any atom is -0.394 e. The van der Waals surface area contributed by atoms with Gasteiger partial charge >= 0.3 is 6.03 Å². The maximum absolute atomic E-state index is 12.5. The Hall–Kier alpha value is -2.12. The van der Waals surface area contributed by atoms with E-state index in [0.29, 0.717) is 24.4 Å². The summed E-state index contributed by atoms with van der Waals surface area (Å²) in [6.07, 6.45) is -0.346. The highest BCUT2D eigenvalue weighted by molar-refractivity contribution is 5.95. The van der Waals surface area contributed by atoms with Gasteiger partial charge in [-0.2, -0.15) is 0 Å². The van der Waals surface area contributed by atoms with Gasteiger partial charge < -0.3 is 25.8 Å². The van der Waals surface area contributed by atoms with Crippen LogP contribution in [-0.2, 0) is 4.74 Å². The van der Waals surface area contributed by atoms with Crippen molar-refractivity contribution in [3.8, 4) is 0 Å². The summed E-state index contributed by atoms with van der Waals surface area (Å²) in [4.78, 5) is 24.9. The second kappa shape index (κ2) is 6.55. The average Bonchev–Trinajstić information content (AvgIpc) is 2.47. The third kappa shape index (κ3) is 3.71. The number of hydrogen-bond donors (Lipinski definition) is 3. The first-order valence-corrected chi connectivity index (χ1v) is 6.71. The van der Waals surface area contributed by atoms with Gasteiger partial charge in [-0.25, -0.2) is 4.79 Å². The van der Waals surface area contributed by atoms with Crippen LogP contribution in [-0.4, -0.2) is 53.8 Å². The summed E-state index contributed by atoms with van der Waals surface area (Å²) >= 11 is 0. The Bertz CT molecular complexity index is 517. The molecule has 114 valence electrons. The highest BCUT2D eigenvalue weighted by Crippen LogP contribution is 2.17. The molecule has 0 bridgehead atoms. The van der Waals surface area contributed by atoms with Crippen LogP contribution in [0.1, 0.15) is 17.3 Å². The van der Waals surface area contributed by atoms with Gasteiger partial charge in [0.2, 0.25) is 0 Å². The second-order valence-electron chi connectivity index (χ2n) is 5.01. The van der Waals surface area contributed by atoms with Crippen LogP contribution in [0.3, 0.4) is 0 Å². The molecule has 2 unspecified atom stereocenters. The smallest absolute Gasteiger partial charge is 0.316 e. The lowest BCUT2D eigenvalue weighted by atomic mass is 10.1. The molecule has 0 saturated carbocycles. The summed E-state index contributed by atoms with van der Waals surface area (Å²) < 4.78 is 5.41. The zero-order valence-corrected chi connectivity index (χ0v) is 11.8. The van der Waals surface area contributed by atoms with Crippen molar-refractivity contribution in [2.24, 2.45) is 5.73 Å². The Morgan fingerprint density at radius 2 is 2.10 bits per heavy atom. The molecular formula is C14H19N3O4. The van der Waals surface area contributed by atoms with Crippen molar-refractivity contribution in [2.45, 2.75) is 19.1 Å². The lowest BCUT2D eigenvalue weighted by Crippen LogP contribution is -2.52. The average molecular weight is 293 g/mol. The number of morpholine rings is 1. The third-order valence-corrected chi connectivity index (χ3v) is 3.37. The lowest BCUT2D eigenvalue weighted by molar-refractivity contribution is -0.0667. The molecule has 0 aliphatic carbocycles. The van der Waals surface area contributed by atoms with Gasteiger partial charge in [-0.15, -0.1) is 0 Å². The SMILES string of the molecule is CC1COC(CO)CN1C(=O)c1ccc(NC(N)=O)cc1. The molecule has 1 aliphatic heterocycles. The summed E-state index contributed by atoms with van der Waals surface area (Å²) in [7, 11) is 0. The first-order valence-electron chi connectivity index (χ1n) is 6.71. The third-order valence-electron chi connectivity index (χ3n) is 3.37. The van der Waals surface area contributed by atoms with Crippen molar-refractivity contribution in [2.75, 3.05) is 25.1 Å². The molecule has 0 aromatic heterocycles. The van der Waals surface area contributed by atoms with E-state index in [2.05, 4.69) is 5.32 Å². The Kier molecular flexibility index (Phi) is 4.77. The molecule has 2 atom stereocenters. The number of benzene rings is 1. The highest BCUT2D eigenvalue weighted by Gasteiger charge is 2.29. The molecule has 1 fully saturated rings. The van der Waals surface area contributed by atoms with Gasteiger partial charge in [-0.3, -0.25) is 4.79 Å². The Labute approximate surface area is 122 Å². The van der Waals surface area contributed by atoms with Crippen LogP contribution in [0.5, 0.6) is 0 Å². The molecule has 21 heavy (non-hydrogen) atoms. The minimum absolute atomic E-state index is 0.0521. The van der Waals surface area contributed by atoms with E-state index in [1.807, 2.05) is 6.92 Å². The van der Waals surface area contributed by atoms with Crippen molar-refractivity contribution in [3.63, 3.8) is 0 Å². The second-order valence-corrected chi connectivity index (χ2v) is 5.01. The lowest BCUT2D eigenvalue weighted by Gasteiger charge is -2.37. The molecule has 1 heterocycles. The van der Waals surface area contributed by atoms with Crippen LogP contribution in [0.15, 0.2) is 24.3 Å². The molecule has 1 saturated heterocycles. The van der Waals surface area contributed by atoms with E-state index < -0.39 is 6.03 Å². The number of amides is 3. The summed E-state index contributed by atoms with van der Waals surface area (Å²) in [5, 5.41) is 11.6. The number of rotatable bonds is 3. The van der Waals surface area contributed by atoms with Crippen molar-refractivity contribution in [1.29, 1.82) is 0 Å². The van der Waals surface area contributed by atoms with E-state index in [4.69, 9.17) is 15.6 Å². The quantitative estimate of drug-likeness (QED) is 0.750. The molecule has 2 rings (SSSR count). The predicted octanol–water partition coefficient (Wildman–Crippen LogP) is 0.399. The van der Waals surface area contributed by atoms with E-state index in [9.17, 15) is 9.59 Å². The Balaban J connectivity index is 2.09. The van der Waals surface area contributed by atoms with Crippen LogP contribution in [0, 0.1) is 0 Å². The maximum atomic E-state index is 12.5. The maximum Gasteiger partial charge on any atom is 0.316 e. The van der Waals surface area contributed by atoms with Crippen molar-refractivity contribution in [1.82, 2.24) is 4.90 Å². The van der Waals surface area contributed by atoms with Gasteiger partial charge in [0.25, 0.3) is 5.91 Å². The van der Waals surface area contributed by atoms with Gasteiger partial charge in [0, 0.05) is 17.8 Å². The van der Waals surface area contributed by atoms with Crippen molar-refractivity contribution < 1.29 is 19.4 Å². The first kappa shape index (κ1) is 15.3. The number of anilines is 1. The summed E-state index contributed by atoms with van der Waals surface area (Å²) in [6, 6.07) is 5.79. The standard InChI is InChI=1S/C14H19N3O4/c1-9-8-21-12(7-18)6-17(9)13(19)10-2-4-11(5-3-10)16-14(15)20/h2-5,9,12,18H,6-8H2,1H3,(H3,15,16,20). The van der Waals surface area contributed by atoms with E-state index in [1.165, 1.54) is 0 Å². The molecule has 0 radical (unpaired) electrons. The minimum atomic E-state index is -0.651. The zero-order valence-electron chi connectivity index (χ0n) is 11.8. The Morgan fingerprint density at radius 1 is 1.43 bits per heavy atom. The van der Waals surface area contributed by atoms with Crippen LogP contribution >= 0.6 is 0 Å². The number of primary amides is 1. The van der Waals surface area contributed by atoms with E-state index in [0.717, 1.165) is 0 Å². The number of aliphatic hydroxyl groups is 1. The van der Waals surface area contributed by atoms with Gasteiger partial charge in [0.15, 0.2) is 0 Å². The summed E-state index contributed by atoms with van der Waals surface area (Å²) in [5.41, 5.74) is 6.06. The molecule has 0 spiro atoms. The molecule has 4 N–H and O–H groups in total. The largest absolute Gasteiger partial charge is 0.394 e. The molecule has 1 aliphatic rings. The molecule has 7 nitrogen and oxygen atoms in total. The number of urea groups is 1. The van der Waals surface area contributed by atoms with Crippen LogP contribution in [0.2, 0.25) is 0 Å². The number of aliphatic hydroxyl groups excluding tert-OH is 1. The van der Waals surface area contributed by atoms with Gasteiger partial charge in [-0.05, 0) is 31.2 Å². The summed E-state index contributed by atoms with van der Waals surface area (Å²) in [6.45, 7) is 2.54. The van der Waals surface area contributed by atoms with Gasteiger partial charge in [0.1, 0.15) is 0 Å². The van der Waals surface area contributed by atoms with Gasteiger partial charge in [-0.1, -0.05) is 0 Å². The van der Waals surface area contributed by atoms with Crippen LogP contribution < -0.4 is 11.1 Å². The van der Waals surface area contributed by atoms with Crippen molar-refractivity contribution in [3.05, 3.63) is 29.8 Å². The topological polar surface area (TPSA) is 105 Å². The number of carbonyl (C=O) groups is 2.